The zero-order chi connectivity index (χ0) is 28.3. The minimum absolute atomic E-state index is 0.116. The zero-order valence-corrected chi connectivity index (χ0v) is 24.9. The number of pyridine rings is 1. The summed E-state index contributed by atoms with van der Waals surface area (Å²) in [5, 5.41) is 16.8. The van der Waals surface area contributed by atoms with Gasteiger partial charge in [0.25, 0.3) is 0 Å². The highest BCUT2D eigenvalue weighted by Crippen LogP contribution is 2.44. The molecule has 9 nitrogen and oxygen atoms in total. The predicted octanol–water partition coefficient (Wildman–Crippen LogP) is 5.88. The van der Waals surface area contributed by atoms with Crippen molar-refractivity contribution in [3.8, 4) is 23.2 Å². The third-order valence-corrected chi connectivity index (χ3v) is 12.1. The van der Waals surface area contributed by atoms with Crippen molar-refractivity contribution in [3.63, 3.8) is 0 Å². The van der Waals surface area contributed by atoms with Crippen LogP contribution in [-0.4, -0.2) is 56.7 Å². The fourth-order valence-corrected chi connectivity index (χ4v) is 5.24. The van der Waals surface area contributed by atoms with Crippen LogP contribution in [0.4, 0.5) is 17.3 Å². The van der Waals surface area contributed by atoms with Crippen LogP contribution in [0.25, 0.3) is 11.3 Å². The van der Waals surface area contributed by atoms with Crippen LogP contribution in [0.3, 0.4) is 0 Å². The molecular formula is C29H38N6O3Si. The standard InChI is InChI=1S/C29H38N6O3Si/c1-28(2,3)39(6,7)38-19-29(4)18-33-25-21(17-30)15-20(16-22(25)29)23-10-12-32-27(34-23)35-24-9-8-11-31-26(24)37-14-13-36-5/h8-12,15-16,33H,13-14,18-19H2,1-7H3,(H,32,34,35)/t29-/m1/s1. The lowest BCUT2D eigenvalue weighted by Gasteiger charge is -2.39. The molecule has 3 aromatic rings. The summed E-state index contributed by atoms with van der Waals surface area (Å²) in [4.78, 5) is 13.5. The molecule has 0 saturated heterocycles. The molecule has 0 spiro atoms. The third kappa shape index (κ3) is 6.22. The second-order valence-electron chi connectivity index (χ2n) is 11.6. The summed E-state index contributed by atoms with van der Waals surface area (Å²) in [6.07, 6.45) is 3.36. The smallest absolute Gasteiger partial charge is 0.237 e. The van der Waals surface area contributed by atoms with Gasteiger partial charge >= 0.3 is 0 Å². The van der Waals surface area contributed by atoms with E-state index in [4.69, 9.17) is 18.9 Å². The molecule has 1 aliphatic heterocycles. The molecule has 0 aliphatic carbocycles. The maximum absolute atomic E-state index is 9.99. The van der Waals surface area contributed by atoms with Crippen molar-refractivity contribution >= 4 is 25.6 Å². The number of hydrogen-bond acceptors (Lipinski definition) is 9. The number of methoxy groups -OCH3 is 1. The van der Waals surface area contributed by atoms with E-state index in [0.29, 0.717) is 55.1 Å². The molecule has 2 aromatic heterocycles. The first-order valence-electron chi connectivity index (χ1n) is 13.1. The number of nitrogens with zero attached hydrogens (tertiary/aromatic N) is 4. The summed E-state index contributed by atoms with van der Waals surface area (Å²) in [5.41, 5.74) is 4.47. The Kier molecular flexibility index (Phi) is 8.25. The molecule has 1 aromatic carbocycles. The topological polar surface area (TPSA) is 114 Å². The van der Waals surface area contributed by atoms with Crippen molar-refractivity contribution in [2.24, 2.45) is 0 Å². The molecule has 10 heteroatoms. The first kappa shape index (κ1) is 28.5. The van der Waals surface area contributed by atoms with Gasteiger partial charge in [-0.2, -0.15) is 5.26 Å². The monoisotopic (exact) mass is 546 g/mol. The zero-order valence-electron chi connectivity index (χ0n) is 23.9. The van der Waals surface area contributed by atoms with Gasteiger partial charge in [0.15, 0.2) is 8.32 Å². The van der Waals surface area contributed by atoms with Gasteiger partial charge in [-0.15, -0.1) is 0 Å². The largest absolute Gasteiger partial charge is 0.474 e. The normalized spacial score (nSPS) is 16.8. The number of anilines is 3. The molecule has 4 rings (SSSR count). The molecule has 1 aliphatic rings. The summed E-state index contributed by atoms with van der Waals surface area (Å²) in [6.45, 7) is 15.6. The molecule has 0 radical (unpaired) electrons. The van der Waals surface area contributed by atoms with E-state index >= 15 is 0 Å². The Bertz CT molecular complexity index is 1370. The van der Waals surface area contributed by atoms with E-state index in [1.807, 2.05) is 24.3 Å². The molecule has 0 bridgehead atoms. The average Bonchev–Trinajstić information content (AvgIpc) is 3.24. The Morgan fingerprint density at radius 2 is 1.95 bits per heavy atom. The van der Waals surface area contributed by atoms with Gasteiger partial charge < -0.3 is 24.5 Å². The van der Waals surface area contributed by atoms with E-state index in [1.54, 1.807) is 19.5 Å². The summed E-state index contributed by atoms with van der Waals surface area (Å²) >= 11 is 0. The fourth-order valence-electron chi connectivity index (χ4n) is 4.13. The number of aromatic nitrogens is 3. The van der Waals surface area contributed by atoms with Gasteiger partial charge in [0.1, 0.15) is 18.4 Å². The molecule has 0 fully saturated rings. The van der Waals surface area contributed by atoms with Crippen LogP contribution in [0, 0.1) is 11.3 Å². The van der Waals surface area contributed by atoms with E-state index < -0.39 is 8.32 Å². The van der Waals surface area contributed by atoms with Crippen molar-refractivity contribution in [1.29, 1.82) is 5.26 Å². The van der Waals surface area contributed by atoms with Crippen molar-refractivity contribution in [2.75, 3.05) is 44.1 Å². The number of benzene rings is 1. The first-order valence-corrected chi connectivity index (χ1v) is 16.0. The van der Waals surface area contributed by atoms with E-state index in [0.717, 1.165) is 16.8 Å². The van der Waals surface area contributed by atoms with Crippen LogP contribution in [0.1, 0.15) is 38.8 Å². The minimum Gasteiger partial charge on any atom is -0.474 e. The summed E-state index contributed by atoms with van der Waals surface area (Å²) in [5.74, 6) is 0.842. The highest BCUT2D eigenvalue weighted by Gasteiger charge is 2.42. The molecule has 39 heavy (non-hydrogen) atoms. The highest BCUT2D eigenvalue weighted by molar-refractivity contribution is 6.74. The van der Waals surface area contributed by atoms with Crippen LogP contribution in [0.15, 0.2) is 42.7 Å². The van der Waals surface area contributed by atoms with Gasteiger partial charge in [0.2, 0.25) is 11.8 Å². The van der Waals surface area contributed by atoms with Crippen molar-refractivity contribution in [1.82, 2.24) is 15.0 Å². The van der Waals surface area contributed by atoms with Crippen LogP contribution < -0.4 is 15.4 Å². The van der Waals surface area contributed by atoms with E-state index in [2.05, 4.69) is 73.5 Å². The van der Waals surface area contributed by atoms with Gasteiger partial charge in [-0.1, -0.05) is 27.7 Å². The fraction of sp³-hybridized carbons (Fsp3) is 0.448. The summed E-state index contributed by atoms with van der Waals surface area (Å²) in [6, 6.07) is 11.9. The highest BCUT2D eigenvalue weighted by atomic mass is 28.4. The van der Waals surface area contributed by atoms with Gasteiger partial charge in [0.05, 0.1) is 23.6 Å². The molecule has 0 saturated carbocycles. The maximum atomic E-state index is 9.99. The lowest BCUT2D eigenvalue weighted by Crippen LogP contribution is -2.45. The lowest BCUT2D eigenvalue weighted by atomic mass is 9.83. The quantitative estimate of drug-likeness (QED) is 0.237. The van der Waals surface area contributed by atoms with Crippen molar-refractivity contribution in [2.45, 2.75) is 51.2 Å². The average molecular weight is 547 g/mol. The summed E-state index contributed by atoms with van der Waals surface area (Å²) < 4.78 is 17.4. The minimum atomic E-state index is -1.94. The number of nitrogens with one attached hydrogen (secondary N) is 2. The first-order chi connectivity index (χ1) is 18.5. The van der Waals surface area contributed by atoms with Crippen LogP contribution in [0.2, 0.25) is 18.1 Å². The van der Waals surface area contributed by atoms with Crippen molar-refractivity contribution in [3.05, 3.63) is 53.9 Å². The molecule has 0 amide bonds. The Morgan fingerprint density at radius 3 is 2.67 bits per heavy atom. The molecule has 1 atom stereocenters. The van der Waals surface area contributed by atoms with Crippen LogP contribution in [-0.2, 0) is 14.6 Å². The van der Waals surface area contributed by atoms with Crippen LogP contribution >= 0.6 is 0 Å². The number of ether oxygens (including phenoxy) is 2. The van der Waals surface area contributed by atoms with E-state index in [-0.39, 0.29) is 10.5 Å². The second kappa shape index (κ2) is 11.3. The number of nitriles is 1. The van der Waals surface area contributed by atoms with Gasteiger partial charge in [-0.3, -0.25) is 0 Å². The van der Waals surface area contributed by atoms with E-state index in [9.17, 15) is 5.26 Å². The van der Waals surface area contributed by atoms with E-state index in [1.165, 1.54) is 0 Å². The predicted molar refractivity (Wildman–Crippen MR) is 156 cm³/mol. The Balaban J connectivity index is 1.63. The number of rotatable bonds is 10. The Morgan fingerprint density at radius 1 is 1.15 bits per heavy atom. The van der Waals surface area contributed by atoms with Crippen molar-refractivity contribution < 1.29 is 13.9 Å². The Hall–Kier alpha value is -3.52. The summed E-state index contributed by atoms with van der Waals surface area (Å²) in [7, 11) is -0.322. The second-order valence-corrected chi connectivity index (χ2v) is 16.4. The lowest BCUT2D eigenvalue weighted by molar-refractivity contribution is 0.144. The molecular weight excluding hydrogens is 508 g/mol. The maximum Gasteiger partial charge on any atom is 0.237 e. The van der Waals surface area contributed by atoms with Gasteiger partial charge in [-0.25, -0.2) is 15.0 Å². The SMILES string of the molecule is COCCOc1ncccc1Nc1nccc(-c2cc(C#N)c3c(c2)[C@@](C)(CO[Si](C)(C)C(C)(C)C)CN3)n1. The van der Waals surface area contributed by atoms with Gasteiger partial charge in [0, 0.05) is 43.6 Å². The molecule has 206 valence electrons. The van der Waals surface area contributed by atoms with Gasteiger partial charge in [-0.05, 0) is 54.0 Å². The number of fused-ring (bicyclic) bond motifs is 1. The molecule has 2 N–H and O–H groups in total. The molecule has 0 unspecified atom stereocenters. The third-order valence-electron chi connectivity index (χ3n) is 7.62. The number of hydrogen-bond donors (Lipinski definition) is 2. The van der Waals surface area contributed by atoms with Crippen LogP contribution in [0.5, 0.6) is 5.88 Å². The Labute approximate surface area is 232 Å². The molecule has 3 heterocycles.